The Morgan fingerprint density at radius 2 is 2.35 bits per heavy atom. The maximum Gasteiger partial charge on any atom is 0.0463 e. The zero-order valence-electron chi connectivity index (χ0n) is 9.27. The Morgan fingerprint density at radius 1 is 1.47 bits per heavy atom. The Kier molecular flexibility index (Phi) is 4.67. The van der Waals surface area contributed by atoms with Crippen molar-refractivity contribution in [3.05, 3.63) is 50.9 Å². The van der Waals surface area contributed by atoms with Crippen LogP contribution in [0.3, 0.4) is 0 Å². The highest BCUT2D eigenvalue weighted by Crippen LogP contribution is 2.17. The summed E-state index contributed by atoms with van der Waals surface area (Å²) >= 11 is 5.17. The first kappa shape index (κ1) is 12.7. The van der Waals surface area contributed by atoms with Crippen LogP contribution in [-0.2, 0) is 6.54 Å². The summed E-state index contributed by atoms with van der Waals surface area (Å²) in [6.45, 7) is 1.40. The van der Waals surface area contributed by atoms with Crippen molar-refractivity contribution in [2.75, 3.05) is 6.54 Å². The summed E-state index contributed by atoms with van der Waals surface area (Å²) in [4.78, 5) is 5.47. The molecule has 3 nitrogen and oxygen atoms in total. The van der Waals surface area contributed by atoms with Crippen molar-refractivity contribution in [2.45, 2.75) is 12.6 Å². The summed E-state index contributed by atoms with van der Waals surface area (Å²) in [5, 5.41) is 5.52. The number of aromatic nitrogens is 1. The minimum Gasteiger partial charge on any atom is -0.329 e. The van der Waals surface area contributed by atoms with E-state index in [1.54, 1.807) is 17.5 Å². The first-order valence-corrected chi connectivity index (χ1v) is 7.03. The third-order valence-corrected chi connectivity index (χ3v) is 3.78. The maximum absolute atomic E-state index is 5.79. The van der Waals surface area contributed by atoms with Crippen molar-refractivity contribution in [2.24, 2.45) is 5.73 Å². The number of nitrogens with zero attached hydrogens (tertiary/aromatic N) is 1. The molecule has 0 aliphatic rings. The van der Waals surface area contributed by atoms with Gasteiger partial charge >= 0.3 is 0 Å². The minimum atomic E-state index is 0.141. The Balaban J connectivity index is 2.01. The molecular weight excluding hydrogens is 298 g/mol. The topological polar surface area (TPSA) is 50.9 Å². The summed E-state index contributed by atoms with van der Waals surface area (Å²) in [7, 11) is 0. The second-order valence-electron chi connectivity index (χ2n) is 3.69. The molecule has 5 heteroatoms. The van der Waals surface area contributed by atoms with Crippen molar-refractivity contribution in [1.29, 1.82) is 0 Å². The molecular formula is C12H14BrN3S. The van der Waals surface area contributed by atoms with Crippen LogP contribution in [0.2, 0.25) is 0 Å². The lowest BCUT2D eigenvalue weighted by Crippen LogP contribution is -2.27. The largest absolute Gasteiger partial charge is 0.329 e. The molecule has 2 heterocycles. The van der Waals surface area contributed by atoms with Crippen LogP contribution in [0.15, 0.2) is 40.4 Å². The van der Waals surface area contributed by atoms with Crippen LogP contribution < -0.4 is 11.1 Å². The molecule has 0 saturated carbocycles. The predicted octanol–water partition coefficient (Wildman–Crippen LogP) is 2.70. The summed E-state index contributed by atoms with van der Waals surface area (Å²) in [5.74, 6) is 0. The molecule has 0 fully saturated rings. The monoisotopic (exact) mass is 311 g/mol. The molecule has 0 radical (unpaired) electrons. The number of rotatable bonds is 5. The zero-order valence-corrected chi connectivity index (χ0v) is 11.7. The number of nitrogens with two attached hydrogens (primary N) is 1. The second kappa shape index (κ2) is 6.26. The molecule has 2 aromatic rings. The molecule has 2 rings (SSSR count). The molecule has 1 unspecified atom stereocenters. The van der Waals surface area contributed by atoms with Crippen molar-refractivity contribution < 1.29 is 0 Å². The van der Waals surface area contributed by atoms with Gasteiger partial charge in [0, 0.05) is 40.9 Å². The summed E-state index contributed by atoms with van der Waals surface area (Å²) in [5.41, 5.74) is 6.90. The molecule has 0 aromatic carbocycles. The fourth-order valence-corrected chi connectivity index (χ4v) is 2.63. The number of hydrogen-bond acceptors (Lipinski definition) is 4. The lowest BCUT2D eigenvalue weighted by molar-refractivity contribution is 0.543. The molecule has 1 atom stereocenters. The van der Waals surface area contributed by atoms with Gasteiger partial charge in [0.15, 0.2) is 0 Å². The van der Waals surface area contributed by atoms with E-state index in [1.165, 1.54) is 4.88 Å². The van der Waals surface area contributed by atoms with Crippen molar-refractivity contribution in [3.63, 3.8) is 0 Å². The molecule has 3 N–H and O–H groups in total. The third kappa shape index (κ3) is 3.61. The molecule has 2 aromatic heterocycles. The van der Waals surface area contributed by atoms with Crippen LogP contribution >= 0.6 is 27.3 Å². The SMILES string of the molecule is NCC(NCc1cccs1)c1cncc(Br)c1. The Bertz CT molecular complexity index is 459. The zero-order chi connectivity index (χ0) is 12.1. The Labute approximate surface area is 113 Å². The first-order valence-electron chi connectivity index (χ1n) is 5.36. The van der Waals surface area contributed by atoms with E-state index in [4.69, 9.17) is 5.73 Å². The van der Waals surface area contributed by atoms with Crippen molar-refractivity contribution in [3.8, 4) is 0 Å². The lowest BCUT2D eigenvalue weighted by Gasteiger charge is -2.16. The van der Waals surface area contributed by atoms with Gasteiger partial charge in [-0.3, -0.25) is 4.98 Å². The Hall–Kier alpha value is -0.750. The fraction of sp³-hybridized carbons (Fsp3) is 0.250. The number of pyridine rings is 1. The Morgan fingerprint density at radius 3 is 3.00 bits per heavy atom. The number of hydrogen-bond donors (Lipinski definition) is 2. The minimum absolute atomic E-state index is 0.141. The molecule has 0 bridgehead atoms. The van der Waals surface area contributed by atoms with Gasteiger partial charge in [-0.25, -0.2) is 0 Å². The van der Waals surface area contributed by atoms with E-state index in [0.29, 0.717) is 6.54 Å². The molecule has 0 aliphatic heterocycles. The normalized spacial score (nSPS) is 12.6. The predicted molar refractivity (Wildman–Crippen MR) is 74.9 cm³/mol. The van der Waals surface area contributed by atoms with E-state index in [1.807, 2.05) is 12.3 Å². The van der Waals surface area contributed by atoms with Crippen LogP contribution in [0.25, 0.3) is 0 Å². The maximum atomic E-state index is 5.79. The van der Waals surface area contributed by atoms with Gasteiger partial charge in [0.25, 0.3) is 0 Å². The van der Waals surface area contributed by atoms with Gasteiger partial charge in [-0.15, -0.1) is 11.3 Å². The van der Waals surface area contributed by atoms with Gasteiger partial charge in [-0.05, 0) is 39.0 Å². The highest BCUT2D eigenvalue weighted by atomic mass is 79.9. The van der Waals surface area contributed by atoms with Crippen LogP contribution in [-0.4, -0.2) is 11.5 Å². The van der Waals surface area contributed by atoms with Crippen LogP contribution in [0, 0.1) is 0 Å². The lowest BCUT2D eigenvalue weighted by atomic mass is 10.1. The van der Waals surface area contributed by atoms with E-state index < -0.39 is 0 Å². The smallest absolute Gasteiger partial charge is 0.0463 e. The van der Waals surface area contributed by atoms with Gasteiger partial charge < -0.3 is 11.1 Å². The van der Waals surface area contributed by atoms with Gasteiger partial charge in [0.1, 0.15) is 0 Å². The standard InChI is InChI=1S/C12H14BrN3S/c13-10-4-9(6-15-7-10)12(5-14)16-8-11-2-1-3-17-11/h1-4,6-7,12,16H,5,8,14H2. The second-order valence-corrected chi connectivity index (χ2v) is 5.63. The van der Waals surface area contributed by atoms with Gasteiger partial charge in [-0.2, -0.15) is 0 Å². The molecule has 17 heavy (non-hydrogen) atoms. The van der Waals surface area contributed by atoms with E-state index in [9.17, 15) is 0 Å². The van der Waals surface area contributed by atoms with E-state index in [-0.39, 0.29) is 6.04 Å². The highest BCUT2D eigenvalue weighted by molar-refractivity contribution is 9.10. The number of halogens is 1. The van der Waals surface area contributed by atoms with Gasteiger partial charge in [0.05, 0.1) is 0 Å². The number of thiophene rings is 1. The molecule has 0 saturated heterocycles. The summed E-state index contributed by atoms with van der Waals surface area (Å²) in [6, 6.07) is 6.36. The van der Waals surface area contributed by atoms with E-state index >= 15 is 0 Å². The van der Waals surface area contributed by atoms with Gasteiger partial charge in [0.2, 0.25) is 0 Å². The van der Waals surface area contributed by atoms with Crippen molar-refractivity contribution in [1.82, 2.24) is 10.3 Å². The molecule has 0 aliphatic carbocycles. The highest BCUT2D eigenvalue weighted by Gasteiger charge is 2.09. The fourth-order valence-electron chi connectivity index (χ4n) is 1.59. The molecule has 0 amide bonds. The quantitative estimate of drug-likeness (QED) is 0.892. The summed E-state index contributed by atoms with van der Waals surface area (Å²) < 4.78 is 0.978. The van der Waals surface area contributed by atoms with Crippen molar-refractivity contribution >= 4 is 27.3 Å². The van der Waals surface area contributed by atoms with Crippen LogP contribution in [0.4, 0.5) is 0 Å². The molecule has 0 spiro atoms. The average Bonchev–Trinajstić information content (AvgIpc) is 2.83. The average molecular weight is 312 g/mol. The first-order chi connectivity index (χ1) is 8.29. The van der Waals surface area contributed by atoms with Crippen LogP contribution in [0.1, 0.15) is 16.5 Å². The summed E-state index contributed by atoms with van der Waals surface area (Å²) in [6.07, 6.45) is 3.63. The van der Waals surface area contributed by atoms with Crippen LogP contribution in [0.5, 0.6) is 0 Å². The van der Waals surface area contributed by atoms with E-state index in [0.717, 1.165) is 16.6 Å². The third-order valence-electron chi connectivity index (χ3n) is 2.47. The number of nitrogens with one attached hydrogen (secondary N) is 1. The van der Waals surface area contributed by atoms with Gasteiger partial charge in [-0.1, -0.05) is 6.07 Å². The van der Waals surface area contributed by atoms with E-state index in [2.05, 4.69) is 43.7 Å². The molecule has 90 valence electrons.